The Hall–Kier alpha value is -1.11. The zero-order valence-electron chi connectivity index (χ0n) is 14.0. The van der Waals surface area contributed by atoms with E-state index in [1.165, 1.54) is 41.5 Å². The zero-order valence-corrected chi connectivity index (χ0v) is 17.3. The molecule has 1 aliphatic carbocycles. The van der Waals surface area contributed by atoms with E-state index in [1.807, 2.05) is 42.5 Å². The van der Waals surface area contributed by atoms with Gasteiger partial charge in [-0.15, -0.1) is 23.1 Å². The largest absolute Gasteiger partial charge is 0.493 e. The lowest BCUT2D eigenvalue weighted by Gasteiger charge is -2.12. The third-order valence-electron chi connectivity index (χ3n) is 4.30. The molecule has 0 aliphatic heterocycles. The Labute approximate surface area is 164 Å². The third kappa shape index (κ3) is 3.86. The van der Waals surface area contributed by atoms with Crippen molar-refractivity contribution in [2.75, 3.05) is 12.4 Å². The Morgan fingerprint density at radius 1 is 1.16 bits per heavy atom. The van der Waals surface area contributed by atoms with Crippen LogP contribution < -0.4 is 4.74 Å². The van der Waals surface area contributed by atoms with Gasteiger partial charge in [-0.2, -0.15) is 0 Å². The van der Waals surface area contributed by atoms with Gasteiger partial charge in [0.15, 0.2) is 0 Å². The van der Waals surface area contributed by atoms with E-state index in [1.54, 1.807) is 11.8 Å². The Morgan fingerprint density at radius 3 is 2.80 bits per heavy atom. The molecule has 0 radical (unpaired) electrons. The highest BCUT2D eigenvalue weighted by atomic mass is 79.9. The number of hydrogen-bond donors (Lipinski definition) is 0. The molecular formula is C19H19BrN2OS2. The van der Waals surface area contributed by atoms with Gasteiger partial charge in [-0.25, -0.2) is 9.97 Å². The van der Waals surface area contributed by atoms with Gasteiger partial charge in [0.25, 0.3) is 0 Å². The Balaban J connectivity index is 1.49. The molecule has 1 aromatic carbocycles. The molecule has 2 aromatic heterocycles. The summed E-state index contributed by atoms with van der Waals surface area (Å²) in [6.45, 7) is 2.66. The number of thioether (sulfide) groups is 1. The van der Waals surface area contributed by atoms with E-state index < -0.39 is 0 Å². The molecule has 6 heteroatoms. The predicted octanol–water partition coefficient (Wildman–Crippen LogP) is 5.81. The van der Waals surface area contributed by atoms with Crippen molar-refractivity contribution in [3.8, 4) is 5.75 Å². The number of aromatic nitrogens is 2. The highest BCUT2D eigenvalue weighted by Gasteiger charge is 2.20. The van der Waals surface area contributed by atoms with Crippen LogP contribution in [0.2, 0.25) is 0 Å². The molecule has 0 bridgehead atoms. The van der Waals surface area contributed by atoms with Crippen molar-refractivity contribution in [1.82, 2.24) is 9.97 Å². The fourth-order valence-electron chi connectivity index (χ4n) is 3.16. The Bertz CT molecular complexity index is 893. The number of benzene rings is 1. The standard InChI is InChI=1S/C19H19BrN2OS2/c1-12-21-18(24-11-10-23-14-8-6-13(20)7-9-14)17-15-4-2-3-5-16(15)25-19(17)22-12/h6-9H,2-5,10-11H2,1H3. The van der Waals surface area contributed by atoms with E-state index in [0.717, 1.165) is 31.7 Å². The minimum Gasteiger partial charge on any atom is -0.493 e. The SMILES string of the molecule is Cc1nc(SCCOc2ccc(Br)cc2)c2c3c(sc2n1)CCCC3. The lowest BCUT2D eigenvalue weighted by Crippen LogP contribution is -2.02. The Morgan fingerprint density at radius 2 is 1.96 bits per heavy atom. The molecular weight excluding hydrogens is 416 g/mol. The highest BCUT2D eigenvalue weighted by Crippen LogP contribution is 2.39. The first-order valence-electron chi connectivity index (χ1n) is 8.51. The Kier molecular flexibility index (Phi) is 5.29. The average molecular weight is 435 g/mol. The van der Waals surface area contributed by atoms with Gasteiger partial charge in [-0.05, 0) is 62.4 Å². The van der Waals surface area contributed by atoms with Crippen LogP contribution in [-0.2, 0) is 12.8 Å². The molecule has 3 aromatic rings. The van der Waals surface area contributed by atoms with Crippen LogP contribution >= 0.6 is 39.0 Å². The summed E-state index contributed by atoms with van der Waals surface area (Å²) in [6, 6.07) is 7.96. The summed E-state index contributed by atoms with van der Waals surface area (Å²) in [6.07, 6.45) is 4.95. The summed E-state index contributed by atoms with van der Waals surface area (Å²) < 4.78 is 6.90. The third-order valence-corrected chi connectivity index (χ3v) is 6.95. The molecule has 0 N–H and O–H groups in total. The molecule has 0 atom stereocenters. The molecule has 0 fully saturated rings. The van der Waals surface area contributed by atoms with E-state index in [9.17, 15) is 0 Å². The van der Waals surface area contributed by atoms with Gasteiger partial charge in [-0.3, -0.25) is 0 Å². The lowest BCUT2D eigenvalue weighted by molar-refractivity contribution is 0.344. The van der Waals surface area contributed by atoms with Crippen LogP contribution in [0.4, 0.5) is 0 Å². The second-order valence-electron chi connectivity index (χ2n) is 6.12. The van der Waals surface area contributed by atoms with Gasteiger partial charge >= 0.3 is 0 Å². The van der Waals surface area contributed by atoms with Crippen LogP contribution in [0, 0.1) is 6.92 Å². The summed E-state index contributed by atoms with van der Waals surface area (Å²) in [5.74, 6) is 2.65. The van der Waals surface area contributed by atoms with E-state index in [4.69, 9.17) is 9.72 Å². The molecule has 0 spiro atoms. The van der Waals surface area contributed by atoms with E-state index in [2.05, 4.69) is 20.9 Å². The zero-order chi connectivity index (χ0) is 17.2. The van der Waals surface area contributed by atoms with Gasteiger partial charge in [-0.1, -0.05) is 15.9 Å². The first-order chi connectivity index (χ1) is 12.2. The van der Waals surface area contributed by atoms with Gasteiger partial charge in [0.05, 0.1) is 6.61 Å². The van der Waals surface area contributed by atoms with Crippen molar-refractivity contribution < 1.29 is 4.74 Å². The van der Waals surface area contributed by atoms with Crippen LogP contribution in [0.5, 0.6) is 5.75 Å². The molecule has 2 heterocycles. The molecule has 0 saturated carbocycles. The van der Waals surface area contributed by atoms with Crippen molar-refractivity contribution in [2.45, 2.75) is 37.6 Å². The maximum absolute atomic E-state index is 5.84. The molecule has 1 aliphatic rings. The highest BCUT2D eigenvalue weighted by molar-refractivity contribution is 9.10. The fourth-order valence-corrected chi connectivity index (χ4v) is 5.72. The lowest BCUT2D eigenvalue weighted by atomic mass is 9.97. The molecule has 3 nitrogen and oxygen atoms in total. The number of nitrogens with zero attached hydrogens (tertiary/aromatic N) is 2. The summed E-state index contributed by atoms with van der Waals surface area (Å²) in [7, 11) is 0. The van der Waals surface area contributed by atoms with Crippen molar-refractivity contribution >= 4 is 49.2 Å². The van der Waals surface area contributed by atoms with E-state index >= 15 is 0 Å². The van der Waals surface area contributed by atoms with Crippen LogP contribution in [0.15, 0.2) is 33.8 Å². The number of fused-ring (bicyclic) bond motifs is 3. The molecule has 0 unspecified atom stereocenters. The number of halogens is 1. The van der Waals surface area contributed by atoms with E-state index in [0.29, 0.717) is 6.61 Å². The van der Waals surface area contributed by atoms with E-state index in [-0.39, 0.29) is 0 Å². The van der Waals surface area contributed by atoms with Crippen molar-refractivity contribution in [1.29, 1.82) is 0 Å². The van der Waals surface area contributed by atoms with Gasteiger partial charge in [0.1, 0.15) is 21.4 Å². The number of aryl methyl sites for hydroxylation is 3. The van der Waals surface area contributed by atoms with Gasteiger partial charge < -0.3 is 4.74 Å². The molecule has 130 valence electrons. The summed E-state index contributed by atoms with van der Waals surface area (Å²) in [5, 5.41) is 2.43. The van der Waals surface area contributed by atoms with Crippen molar-refractivity contribution in [3.05, 3.63) is 45.0 Å². The molecule has 25 heavy (non-hydrogen) atoms. The monoisotopic (exact) mass is 434 g/mol. The first kappa shape index (κ1) is 17.3. The van der Waals surface area contributed by atoms with Crippen LogP contribution in [0.1, 0.15) is 29.1 Å². The minimum absolute atomic E-state index is 0.670. The fraction of sp³-hybridized carbons (Fsp3) is 0.368. The van der Waals surface area contributed by atoms with Gasteiger partial charge in [0.2, 0.25) is 0 Å². The van der Waals surface area contributed by atoms with Crippen LogP contribution in [-0.4, -0.2) is 22.3 Å². The maximum Gasteiger partial charge on any atom is 0.128 e. The molecule has 0 saturated heterocycles. The van der Waals surface area contributed by atoms with Crippen LogP contribution in [0.25, 0.3) is 10.2 Å². The number of thiophene rings is 1. The smallest absolute Gasteiger partial charge is 0.128 e. The topological polar surface area (TPSA) is 35.0 Å². The molecule has 4 rings (SSSR count). The first-order valence-corrected chi connectivity index (χ1v) is 11.1. The predicted molar refractivity (Wildman–Crippen MR) is 109 cm³/mol. The number of rotatable bonds is 5. The second kappa shape index (κ2) is 7.64. The normalized spacial score (nSPS) is 13.8. The van der Waals surface area contributed by atoms with Crippen molar-refractivity contribution in [2.24, 2.45) is 0 Å². The average Bonchev–Trinajstić information content (AvgIpc) is 2.98. The maximum atomic E-state index is 5.84. The minimum atomic E-state index is 0.670. The number of ether oxygens (including phenoxy) is 1. The second-order valence-corrected chi connectivity index (χ2v) is 9.20. The summed E-state index contributed by atoms with van der Waals surface area (Å²) in [4.78, 5) is 12.1. The number of hydrogen-bond acceptors (Lipinski definition) is 5. The van der Waals surface area contributed by atoms with Crippen LogP contribution in [0.3, 0.4) is 0 Å². The molecule has 0 amide bonds. The quantitative estimate of drug-likeness (QED) is 0.288. The summed E-state index contributed by atoms with van der Waals surface area (Å²) >= 11 is 7.09. The van der Waals surface area contributed by atoms with Gasteiger partial charge in [0, 0.05) is 20.5 Å². The summed E-state index contributed by atoms with van der Waals surface area (Å²) in [5.41, 5.74) is 1.50. The van der Waals surface area contributed by atoms with Crippen molar-refractivity contribution in [3.63, 3.8) is 0 Å².